The maximum atomic E-state index is 5.67. The molecule has 2 rings (SSSR count). The Morgan fingerprint density at radius 3 is 2.73 bits per heavy atom. The van der Waals surface area contributed by atoms with E-state index in [1.54, 1.807) is 12.4 Å². The number of nitrogens with zero attached hydrogens (tertiary/aromatic N) is 3. The van der Waals surface area contributed by atoms with Crippen molar-refractivity contribution in [3.05, 3.63) is 37.1 Å². The van der Waals surface area contributed by atoms with Crippen LogP contribution in [0.15, 0.2) is 36.5 Å². The molecular weight excluding hydrogens is 190 g/mol. The number of aromatic nitrogens is 2. The van der Waals surface area contributed by atoms with E-state index >= 15 is 0 Å². The third-order valence-electron chi connectivity index (χ3n) is 2.41. The van der Waals surface area contributed by atoms with Crippen LogP contribution in [0.2, 0.25) is 0 Å². The number of hydrogen-bond donors (Lipinski definition) is 2. The van der Waals surface area contributed by atoms with E-state index in [4.69, 9.17) is 5.73 Å². The molecule has 0 unspecified atom stereocenters. The van der Waals surface area contributed by atoms with Gasteiger partial charge in [-0.25, -0.2) is 15.0 Å². The van der Waals surface area contributed by atoms with Crippen LogP contribution in [-0.4, -0.2) is 15.9 Å². The van der Waals surface area contributed by atoms with Gasteiger partial charge in [0.2, 0.25) is 0 Å². The zero-order valence-electron chi connectivity index (χ0n) is 8.35. The number of nitrogens with one attached hydrogen (secondary N) is 1. The van der Waals surface area contributed by atoms with E-state index in [9.17, 15) is 0 Å². The molecule has 1 fully saturated rings. The van der Waals surface area contributed by atoms with E-state index in [1.165, 1.54) is 12.5 Å². The first-order valence-corrected chi connectivity index (χ1v) is 4.75. The number of rotatable bonds is 3. The van der Waals surface area contributed by atoms with Gasteiger partial charge in [0.15, 0.2) is 5.96 Å². The summed E-state index contributed by atoms with van der Waals surface area (Å²) in [6.07, 6.45) is 8.56. The fourth-order valence-electron chi connectivity index (χ4n) is 1.49. The Kier molecular flexibility index (Phi) is 2.37. The Morgan fingerprint density at radius 2 is 2.20 bits per heavy atom. The van der Waals surface area contributed by atoms with E-state index in [0.29, 0.717) is 5.96 Å². The van der Waals surface area contributed by atoms with E-state index in [1.807, 2.05) is 0 Å². The summed E-state index contributed by atoms with van der Waals surface area (Å²) in [6.45, 7) is 3.53. The lowest BCUT2D eigenvalue weighted by Crippen LogP contribution is -2.28. The van der Waals surface area contributed by atoms with Crippen molar-refractivity contribution in [1.29, 1.82) is 0 Å². The van der Waals surface area contributed by atoms with E-state index < -0.39 is 0 Å². The summed E-state index contributed by atoms with van der Waals surface area (Å²) < 4.78 is 0. The zero-order chi connectivity index (χ0) is 10.7. The second-order valence-corrected chi connectivity index (χ2v) is 3.50. The van der Waals surface area contributed by atoms with Crippen LogP contribution >= 0.6 is 0 Å². The molecular formula is C10H13N5. The van der Waals surface area contributed by atoms with Crippen molar-refractivity contribution in [1.82, 2.24) is 15.3 Å². The average molecular weight is 203 g/mol. The van der Waals surface area contributed by atoms with Crippen molar-refractivity contribution in [3.63, 3.8) is 0 Å². The summed E-state index contributed by atoms with van der Waals surface area (Å²) >= 11 is 0. The molecule has 1 aliphatic carbocycles. The molecule has 1 aliphatic rings. The minimum absolute atomic E-state index is 0.207. The van der Waals surface area contributed by atoms with Crippen LogP contribution in [0, 0.1) is 0 Å². The molecule has 0 aliphatic heterocycles. The Morgan fingerprint density at radius 1 is 1.53 bits per heavy atom. The van der Waals surface area contributed by atoms with Crippen LogP contribution in [0.4, 0.5) is 0 Å². The van der Waals surface area contributed by atoms with E-state index in [0.717, 1.165) is 18.4 Å². The van der Waals surface area contributed by atoms with E-state index in [-0.39, 0.29) is 5.54 Å². The lowest BCUT2D eigenvalue weighted by molar-refractivity contribution is 0.724. The fourth-order valence-corrected chi connectivity index (χ4v) is 1.49. The molecule has 5 heteroatoms. The molecule has 15 heavy (non-hydrogen) atoms. The summed E-state index contributed by atoms with van der Waals surface area (Å²) in [5.74, 6) is 0.381. The van der Waals surface area contributed by atoms with Gasteiger partial charge in [-0.2, -0.15) is 0 Å². The molecule has 78 valence electrons. The Bertz CT molecular complexity index is 380. The van der Waals surface area contributed by atoms with Gasteiger partial charge in [0.25, 0.3) is 0 Å². The summed E-state index contributed by atoms with van der Waals surface area (Å²) in [6, 6.07) is 0. The van der Waals surface area contributed by atoms with Crippen LogP contribution in [0.5, 0.6) is 0 Å². The van der Waals surface area contributed by atoms with E-state index in [2.05, 4.69) is 26.9 Å². The lowest BCUT2D eigenvalue weighted by Gasteiger charge is -2.10. The molecule has 1 heterocycles. The second kappa shape index (κ2) is 3.68. The van der Waals surface area contributed by atoms with Crippen molar-refractivity contribution >= 4 is 5.96 Å². The minimum Gasteiger partial charge on any atom is -0.370 e. The Hall–Kier alpha value is -1.91. The van der Waals surface area contributed by atoms with Crippen LogP contribution in [0.3, 0.4) is 0 Å². The number of nitrogens with two attached hydrogens (primary N) is 1. The molecule has 0 radical (unpaired) electrons. The molecule has 5 nitrogen and oxygen atoms in total. The second-order valence-electron chi connectivity index (χ2n) is 3.50. The molecule has 1 saturated carbocycles. The van der Waals surface area contributed by atoms with Crippen LogP contribution in [0.25, 0.3) is 0 Å². The van der Waals surface area contributed by atoms with Crippen molar-refractivity contribution < 1.29 is 0 Å². The first kappa shape index (κ1) is 9.64. The van der Waals surface area contributed by atoms with Crippen molar-refractivity contribution in [2.75, 3.05) is 0 Å². The molecule has 0 bridgehead atoms. The van der Waals surface area contributed by atoms with Crippen molar-refractivity contribution in [3.8, 4) is 0 Å². The summed E-state index contributed by atoms with van der Waals surface area (Å²) in [4.78, 5) is 12.4. The zero-order valence-corrected chi connectivity index (χ0v) is 8.35. The molecule has 0 amide bonds. The first-order chi connectivity index (χ1) is 7.27. The third-order valence-corrected chi connectivity index (χ3v) is 2.41. The van der Waals surface area contributed by atoms with Crippen molar-refractivity contribution in [2.24, 2.45) is 10.7 Å². The topological polar surface area (TPSA) is 76.2 Å². The fraction of sp³-hybridized carbons (Fsp3) is 0.300. The van der Waals surface area contributed by atoms with Gasteiger partial charge in [0.05, 0.1) is 5.54 Å². The highest BCUT2D eigenvalue weighted by molar-refractivity contribution is 5.79. The molecule has 0 aromatic carbocycles. The van der Waals surface area contributed by atoms with Gasteiger partial charge in [0.1, 0.15) is 6.33 Å². The molecule has 1 aromatic rings. The molecule has 0 spiro atoms. The Labute approximate surface area is 88.1 Å². The lowest BCUT2D eigenvalue weighted by atomic mass is 10.1. The quantitative estimate of drug-likeness (QED) is 0.554. The normalized spacial score (nSPS) is 18.3. The average Bonchev–Trinajstić information content (AvgIpc) is 3.01. The highest BCUT2D eigenvalue weighted by Crippen LogP contribution is 2.48. The molecule has 1 aromatic heterocycles. The smallest absolute Gasteiger partial charge is 0.193 e. The highest BCUT2D eigenvalue weighted by atomic mass is 15.1. The van der Waals surface area contributed by atoms with Gasteiger partial charge in [-0.3, -0.25) is 0 Å². The Balaban J connectivity index is 2.22. The number of aliphatic imine (C=N–C) groups is 1. The largest absolute Gasteiger partial charge is 0.370 e. The highest BCUT2D eigenvalue weighted by Gasteiger charge is 2.45. The monoisotopic (exact) mass is 203 g/mol. The van der Waals surface area contributed by atoms with Crippen LogP contribution in [-0.2, 0) is 5.54 Å². The molecule has 0 saturated heterocycles. The summed E-state index contributed by atoms with van der Waals surface area (Å²) in [5, 5.41) is 2.76. The SMILES string of the molecule is C=CNC(N)=NC1(c2cncnc2)CC1. The third kappa shape index (κ3) is 1.96. The standard InChI is InChI=1S/C10H13N5/c1-2-14-9(11)15-10(3-4-10)8-5-12-7-13-6-8/h2,5-7H,1,3-4H2,(H3,11,14,15). The van der Waals surface area contributed by atoms with Gasteiger partial charge in [0, 0.05) is 18.0 Å². The van der Waals surface area contributed by atoms with Gasteiger partial charge in [-0.15, -0.1) is 0 Å². The maximum absolute atomic E-state index is 5.67. The van der Waals surface area contributed by atoms with Gasteiger partial charge in [-0.05, 0) is 19.0 Å². The minimum atomic E-state index is -0.207. The van der Waals surface area contributed by atoms with Gasteiger partial charge < -0.3 is 11.1 Å². The van der Waals surface area contributed by atoms with Crippen LogP contribution in [0.1, 0.15) is 18.4 Å². The van der Waals surface area contributed by atoms with Gasteiger partial charge >= 0.3 is 0 Å². The maximum Gasteiger partial charge on any atom is 0.193 e. The first-order valence-electron chi connectivity index (χ1n) is 4.75. The predicted octanol–water partition coefficient (Wildman–Crippen LogP) is 0.513. The molecule has 3 N–H and O–H groups in total. The summed E-state index contributed by atoms with van der Waals surface area (Å²) in [7, 11) is 0. The van der Waals surface area contributed by atoms with Crippen molar-refractivity contribution in [2.45, 2.75) is 18.4 Å². The number of guanidine groups is 1. The molecule has 0 atom stereocenters. The summed E-state index contributed by atoms with van der Waals surface area (Å²) in [5.41, 5.74) is 6.48. The van der Waals surface area contributed by atoms with Crippen LogP contribution < -0.4 is 11.1 Å². The number of hydrogen-bond acceptors (Lipinski definition) is 3. The predicted molar refractivity (Wildman–Crippen MR) is 57.9 cm³/mol. The van der Waals surface area contributed by atoms with Gasteiger partial charge in [-0.1, -0.05) is 6.58 Å².